The number of aliphatic hydroxyl groups is 1. The summed E-state index contributed by atoms with van der Waals surface area (Å²) in [7, 11) is -4.86. The average molecular weight is 481 g/mol. The normalized spacial score (nSPS) is 15.4. The summed E-state index contributed by atoms with van der Waals surface area (Å²) in [5.41, 5.74) is -2.59. The van der Waals surface area contributed by atoms with Crippen molar-refractivity contribution in [3.63, 3.8) is 0 Å². The second-order valence-corrected chi connectivity index (χ2v) is 8.04. The van der Waals surface area contributed by atoms with Gasteiger partial charge >= 0.3 is 24.1 Å². The monoisotopic (exact) mass is 481 g/mol. The number of sulfonamides is 1. The van der Waals surface area contributed by atoms with Crippen LogP contribution in [0.3, 0.4) is 0 Å². The standard InChI is InChI=1S/C17H12F9NO3S/c18-14(19,20)10-27(31(29,30)13-4-2-1-3-5-13)12-8-6-11(7-9-12)15(21,22)16(23,28)17(24,25)26/h1-9,28H,10H2. The third kappa shape index (κ3) is 4.89. The molecule has 1 atom stereocenters. The van der Waals surface area contributed by atoms with Crippen molar-refractivity contribution in [2.24, 2.45) is 0 Å². The molecule has 0 aliphatic carbocycles. The van der Waals surface area contributed by atoms with E-state index < -0.39 is 56.8 Å². The molecule has 1 unspecified atom stereocenters. The SMILES string of the molecule is O=S(=O)(c1ccccc1)N(CC(F)(F)F)c1ccc(C(F)(F)C(O)(F)C(F)(F)F)cc1. The van der Waals surface area contributed by atoms with E-state index in [2.05, 4.69) is 0 Å². The Balaban J connectivity index is 2.53. The maximum atomic E-state index is 13.9. The molecule has 14 heteroatoms. The van der Waals surface area contributed by atoms with E-state index in [1.54, 1.807) is 0 Å². The summed E-state index contributed by atoms with van der Waals surface area (Å²) in [6.45, 7) is -2.09. The van der Waals surface area contributed by atoms with E-state index in [9.17, 15) is 47.9 Å². The van der Waals surface area contributed by atoms with Gasteiger partial charge in [0.1, 0.15) is 6.54 Å². The molecule has 0 amide bonds. The Morgan fingerprint density at radius 3 is 1.68 bits per heavy atom. The van der Waals surface area contributed by atoms with Gasteiger partial charge in [-0.25, -0.2) is 8.42 Å². The first-order chi connectivity index (χ1) is 13.9. The second-order valence-electron chi connectivity index (χ2n) is 6.18. The Hall–Kier alpha value is -2.48. The minimum atomic E-state index is -6.39. The second kappa shape index (κ2) is 7.89. The summed E-state index contributed by atoms with van der Waals surface area (Å²) < 4.78 is 142. The largest absolute Gasteiger partial charge is 0.455 e. The zero-order valence-electron chi connectivity index (χ0n) is 14.9. The van der Waals surface area contributed by atoms with Crippen molar-refractivity contribution >= 4 is 15.7 Å². The lowest BCUT2D eigenvalue weighted by Crippen LogP contribution is -2.53. The molecule has 1 N–H and O–H groups in total. The first-order valence-corrected chi connectivity index (χ1v) is 9.46. The fraction of sp³-hybridized carbons (Fsp3) is 0.294. The van der Waals surface area contributed by atoms with E-state index >= 15 is 0 Å². The van der Waals surface area contributed by atoms with E-state index in [0.29, 0.717) is 12.1 Å². The number of rotatable bonds is 6. The van der Waals surface area contributed by atoms with Gasteiger partial charge in [0.05, 0.1) is 10.6 Å². The Bertz CT molecular complexity index is 1000. The molecular weight excluding hydrogens is 469 g/mol. The first-order valence-electron chi connectivity index (χ1n) is 8.02. The smallest absolute Gasteiger partial charge is 0.350 e. The van der Waals surface area contributed by atoms with Gasteiger partial charge in [-0.1, -0.05) is 30.3 Å². The molecule has 0 radical (unpaired) electrons. The lowest BCUT2D eigenvalue weighted by molar-refractivity contribution is -0.390. The molecular formula is C17H12F9NO3S. The predicted octanol–water partition coefficient (Wildman–Crippen LogP) is 4.76. The minimum absolute atomic E-state index is 0.0789. The van der Waals surface area contributed by atoms with Crippen molar-refractivity contribution in [1.29, 1.82) is 0 Å². The average Bonchev–Trinajstić information content (AvgIpc) is 2.65. The minimum Gasteiger partial charge on any atom is -0.350 e. The predicted molar refractivity (Wildman–Crippen MR) is 89.5 cm³/mol. The zero-order valence-corrected chi connectivity index (χ0v) is 15.7. The first kappa shape index (κ1) is 24.8. The van der Waals surface area contributed by atoms with Crippen molar-refractivity contribution < 1.29 is 53.0 Å². The highest BCUT2D eigenvalue weighted by molar-refractivity contribution is 7.92. The molecule has 0 saturated heterocycles. The van der Waals surface area contributed by atoms with Crippen molar-refractivity contribution in [3.8, 4) is 0 Å². The van der Waals surface area contributed by atoms with Crippen LogP contribution in [-0.4, -0.2) is 38.3 Å². The molecule has 4 nitrogen and oxygen atoms in total. The summed E-state index contributed by atoms with van der Waals surface area (Å²) in [6.07, 6.45) is -11.5. The van der Waals surface area contributed by atoms with Gasteiger partial charge in [0.2, 0.25) is 0 Å². The van der Waals surface area contributed by atoms with E-state index in [1.807, 2.05) is 0 Å². The van der Waals surface area contributed by atoms with Gasteiger partial charge in [-0.2, -0.15) is 39.5 Å². The van der Waals surface area contributed by atoms with Crippen LogP contribution in [0.5, 0.6) is 0 Å². The van der Waals surface area contributed by atoms with Crippen LogP contribution in [0, 0.1) is 0 Å². The lowest BCUT2D eigenvalue weighted by Gasteiger charge is -2.31. The molecule has 2 aromatic carbocycles. The highest BCUT2D eigenvalue weighted by Crippen LogP contribution is 2.49. The van der Waals surface area contributed by atoms with Crippen molar-refractivity contribution in [2.75, 3.05) is 10.8 Å². The summed E-state index contributed by atoms with van der Waals surface area (Å²) in [4.78, 5) is -0.580. The van der Waals surface area contributed by atoms with Crippen molar-refractivity contribution in [3.05, 3.63) is 60.2 Å². The van der Waals surface area contributed by atoms with Crippen LogP contribution in [0.25, 0.3) is 0 Å². The highest BCUT2D eigenvalue weighted by Gasteiger charge is 2.71. The van der Waals surface area contributed by atoms with Gasteiger partial charge < -0.3 is 5.11 Å². The summed E-state index contributed by atoms with van der Waals surface area (Å²) in [5.74, 6) is -11.5. The highest BCUT2D eigenvalue weighted by atomic mass is 32.2. The summed E-state index contributed by atoms with van der Waals surface area (Å²) in [5, 5.41) is 8.64. The van der Waals surface area contributed by atoms with Crippen LogP contribution < -0.4 is 4.31 Å². The zero-order chi connectivity index (χ0) is 23.9. The van der Waals surface area contributed by atoms with Crippen LogP contribution in [0.15, 0.2) is 59.5 Å². The maximum Gasteiger partial charge on any atom is 0.455 e. The van der Waals surface area contributed by atoms with E-state index in [4.69, 9.17) is 5.11 Å². The lowest BCUT2D eigenvalue weighted by atomic mass is 10.0. The Kier molecular flexibility index (Phi) is 6.31. The third-order valence-corrected chi connectivity index (χ3v) is 5.75. The molecule has 0 saturated carbocycles. The van der Waals surface area contributed by atoms with Gasteiger partial charge in [0.25, 0.3) is 10.0 Å². The van der Waals surface area contributed by atoms with Crippen LogP contribution in [0.4, 0.5) is 45.2 Å². The fourth-order valence-corrected chi connectivity index (χ4v) is 3.88. The van der Waals surface area contributed by atoms with Crippen LogP contribution in [0.2, 0.25) is 0 Å². The van der Waals surface area contributed by atoms with Gasteiger partial charge in [-0.3, -0.25) is 4.31 Å². The van der Waals surface area contributed by atoms with Gasteiger partial charge in [0, 0.05) is 5.56 Å². The molecule has 2 aromatic rings. The number of hydrogen-bond donors (Lipinski definition) is 1. The summed E-state index contributed by atoms with van der Waals surface area (Å²) >= 11 is 0. The maximum absolute atomic E-state index is 13.9. The molecule has 0 bridgehead atoms. The molecule has 0 heterocycles. The fourth-order valence-electron chi connectivity index (χ4n) is 2.40. The number of nitrogens with zero attached hydrogens (tertiary/aromatic N) is 1. The molecule has 0 aliphatic rings. The molecule has 0 aromatic heterocycles. The molecule has 172 valence electrons. The Labute approximate surface area is 169 Å². The number of benzene rings is 2. The topological polar surface area (TPSA) is 57.6 Å². The summed E-state index contributed by atoms with van der Waals surface area (Å²) in [6, 6.07) is 6.56. The molecule has 0 fully saturated rings. The quantitative estimate of drug-likeness (QED) is 0.606. The Morgan fingerprint density at radius 1 is 0.774 bits per heavy atom. The number of halogens is 9. The number of anilines is 1. The number of hydrogen-bond acceptors (Lipinski definition) is 3. The number of alkyl halides is 9. The molecule has 0 spiro atoms. The van der Waals surface area contributed by atoms with E-state index in [-0.39, 0.29) is 16.4 Å². The van der Waals surface area contributed by atoms with Crippen LogP contribution >= 0.6 is 0 Å². The van der Waals surface area contributed by atoms with Crippen molar-refractivity contribution in [2.45, 2.75) is 29.0 Å². The van der Waals surface area contributed by atoms with Gasteiger partial charge in [-0.05, 0) is 24.3 Å². The molecule has 2 rings (SSSR count). The van der Waals surface area contributed by atoms with E-state index in [0.717, 1.165) is 12.1 Å². The van der Waals surface area contributed by atoms with E-state index in [1.165, 1.54) is 18.2 Å². The van der Waals surface area contributed by atoms with Crippen LogP contribution in [0.1, 0.15) is 5.56 Å². The van der Waals surface area contributed by atoms with Gasteiger partial charge in [0.15, 0.2) is 0 Å². The molecule has 0 aliphatic heterocycles. The Morgan fingerprint density at radius 2 is 1.26 bits per heavy atom. The third-order valence-electron chi connectivity index (χ3n) is 3.96. The van der Waals surface area contributed by atoms with Gasteiger partial charge in [-0.15, -0.1) is 0 Å². The van der Waals surface area contributed by atoms with Crippen molar-refractivity contribution in [1.82, 2.24) is 0 Å². The van der Waals surface area contributed by atoms with Crippen LogP contribution in [-0.2, 0) is 15.9 Å². The molecule has 31 heavy (non-hydrogen) atoms.